The number of rotatable bonds is 5. The van der Waals surface area contributed by atoms with E-state index in [1.165, 1.54) is 6.07 Å². The molecule has 0 fully saturated rings. The van der Waals surface area contributed by atoms with Gasteiger partial charge in [0.05, 0.1) is 0 Å². The molecule has 2 nitrogen and oxygen atoms in total. The van der Waals surface area contributed by atoms with Gasteiger partial charge in [-0.1, -0.05) is 35.8 Å². The molecule has 0 radical (unpaired) electrons. The minimum absolute atomic E-state index is 0.0388. The molecule has 0 amide bonds. The fraction of sp³-hybridized carbons (Fsp3) is 0.500. The molecule has 1 rings (SSSR count). The van der Waals surface area contributed by atoms with Gasteiger partial charge in [0.25, 0.3) is 0 Å². The van der Waals surface area contributed by atoms with Gasteiger partial charge in [-0.15, -0.1) is 0 Å². The Morgan fingerprint density at radius 3 is 2.44 bits per heavy atom. The molecule has 1 atom stereocenters. The number of hydrogen-bond donors (Lipinski definition) is 1. The third-order valence-corrected chi connectivity index (χ3v) is 3.29. The number of hydrogen-bond acceptors (Lipinski definition) is 2. The average Bonchev–Trinajstić information content (AvgIpc) is 2.27. The minimum atomic E-state index is -0.197. The van der Waals surface area contributed by atoms with E-state index < -0.39 is 0 Å². The van der Waals surface area contributed by atoms with Gasteiger partial charge in [0.15, 0.2) is 0 Å². The van der Waals surface area contributed by atoms with Gasteiger partial charge in [0.2, 0.25) is 0 Å². The van der Waals surface area contributed by atoms with Crippen molar-refractivity contribution in [3.8, 4) is 0 Å². The van der Waals surface area contributed by atoms with Gasteiger partial charge in [0.1, 0.15) is 5.82 Å². The summed E-state index contributed by atoms with van der Waals surface area (Å²) in [6.45, 7) is 6.29. The second-order valence-corrected chi connectivity index (χ2v) is 4.55. The molecular formula is C12H18BrFN2. The normalized spacial score (nSPS) is 13.1. The maximum Gasteiger partial charge on any atom is 0.129 e. The Hall–Kier alpha value is -0.450. The Bertz CT molecular complexity index is 340. The number of benzene rings is 1. The molecule has 0 bridgehead atoms. The first-order chi connectivity index (χ1) is 7.63. The maximum absolute atomic E-state index is 13.8. The summed E-state index contributed by atoms with van der Waals surface area (Å²) in [6, 6.07) is 5.10. The third-order valence-electron chi connectivity index (χ3n) is 2.80. The van der Waals surface area contributed by atoms with Gasteiger partial charge >= 0.3 is 0 Å². The van der Waals surface area contributed by atoms with Gasteiger partial charge in [0, 0.05) is 22.6 Å². The fourth-order valence-electron chi connectivity index (χ4n) is 1.91. The van der Waals surface area contributed by atoms with Crippen molar-refractivity contribution >= 4 is 15.9 Å². The van der Waals surface area contributed by atoms with E-state index in [-0.39, 0.29) is 11.9 Å². The van der Waals surface area contributed by atoms with Crippen LogP contribution in [-0.4, -0.2) is 24.5 Å². The van der Waals surface area contributed by atoms with E-state index in [0.717, 1.165) is 17.6 Å². The highest BCUT2D eigenvalue weighted by Gasteiger charge is 2.19. The summed E-state index contributed by atoms with van der Waals surface area (Å²) in [5.74, 6) is -0.197. The van der Waals surface area contributed by atoms with Crippen LogP contribution in [0.3, 0.4) is 0 Å². The van der Waals surface area contributed by atoms with Crippen LogP contribution >= 0.6 is 15.9 Å². The van der Waals surface area contributed by atoms with Gasteiger partial charge in [-0.2, -0.15) is 0 Å². The molecule has 0 spiro atoms. The van der Waals surface area contributed by atoms with Crippen LogP contribution in [0.15, 0.2) is 22.7 Å². The number of nitrogens with zero attached hydrogens (tertiary/aromatic N) is 1. The average molecular weight is 289 g/mol. The summed E-state index contributed by atoms with van der Waals surface area (Å²) >= 11 is 3.25. The van der Waals surface area contributed by atoms with Crippen molar-refractivity contribution < 1.29 is 4.39 Å². The first kappa shape index (κ1) is 13.6. The summed E-state index contributed by atoms with van der Waals surface area (Å²) in [6.07, 6.45) is 0. The van der Waals surface area contributed by atoms with E-state index in [9.17, 15) is 4.39 Å². The van der Waals surface area contributed by atoms with E-state index >= 15 is 0 Å². The zero-order valence-corrected chi connectivity index (χ0v) is 11.3. The lowest BCUT2D eigenvalue weighted by Crippen LogP contribution is -2.34. The van der Waals surface area contributed by atoms with Gasteiger partial charge in [-0.25, -0.2) is 4.39 Å². The standard InChI is InChI=1S/C12H18BrFN2/c1-3-16(4-2)12(8-15)10-6-5-9(13)7-11(10)14/h5-7,12H,3-4,8,15H2,1-2H3. The largest absolute Gasteiger partial charge is 0.329 e. The Balaban J connectivity index is 3.03. The highest BCUT2D eigenvalue weighted by atomic mass is 79.9. The van der Waals surface area contributed by atoms with Gasteiger partial charge in [-0.05, 0) is 25.2 Å². The summed E-state index contributed by atoms with van der Waals surface area (Å²) in [4.78, 5) is 2.16. The number of nitrogens with two attached hydrogens (primary N) is 1. The van der Waals surface area contributed by atoms with Gasteiger partial charge < -0.3 is 5.73 Å². The highest BCUT2D eigenvalue weighted by Crippen LogP contribution is 2.24. The smallest absolute Gasteiger partial charge is 0.129 e. The first-order valence-electron chi connectivity index (χ1n) is 5.53. The van der Waals surface area contributed by atoms with Crippen LogP contribution in [0.1, 0.15) is 25.5 Å². The van der Waals surface area contributed by atoms with Crippen molar-refractivity contribution in [1.82, 2.24) is 4.90 Å². The lowest BCUT2D eigenvalue weighted by molar-refractivity contribution is 0.219. The molecule has 1 aromatic carbocycles. The van der Waals surface area contributed by atoms with Crippen LogP contribution in [0, 0.1) is 5.82 Å². The predicted octanol–water partition coefficient (Wildman–Crippen LogP) is 2.93. The molecule has 0 aromatic heterocycles. The zero-order chi connectivity index (χ0) is 12.1. The van der Waals surface area contributed by atoms with E-state index in [0.29, 0.717) is 12.1 Å². The molecule has 1 unspecified atom stereocenters. The molecular weight excluding hydrogens is 271 g/mol. The monoisotopic (exact) mass is 288 g/mol. The number of halogens is 2. The SMILES string of the molecule is CCN(CC)C(CN)c1ccc(Br)cc1F. The van der Waals surface area contributed by atoms with E-state index in [1.807, 2.05) is 6.07 Å². The minimum Gasteiger partial charge on any atom is -0.329 e. The molecule has 90 valence electrons. The predicted molar refractivity (Wildman–Crippen MR) is 68.8 cm³/mol. The summed E-state index contributed by atoms with van der Waals surface area (Å²) < 4.78 is 14.6. The maximum atomic E-state index is 13.8. The van der Waals surface area contributed by atoms with Crippen molar-refractivity contribution in [1.29, 1.82) is 0 Å². The number of likely N-dealkylation sites (N-methyl/N-ethyl adjacent to an activating group) is 1. The quantitative estimate of drug-likeness (QED) is 0.903. The lowest BCUT2D eigenvalue weighted by Gasteiger charge is -2.29. The molecule has 0 saturated carbocycles. The van der Waals surface area contributed by atoms with Crippen LogP contribution in [0.25, 0.3) is 0 Å². The van der Waals surface area contributed by atoms with Crippen molar-refractivity contribution in [3.05, 3.63) is 34.1 Å². The van der Waals surface area contributed by atoms with Crippen LogP contribution in [0.4, 0.5) is 4.39 Å². The van der Waals surface area contributed by atoms with Crippen LogP contribution in [0.5, 0.6) is 0 Å². The lowest BCUT2D eigenvalue weighted by atomic mass is 10.0. The molecule has 1 aromatic rings. The molecule has 0 aliphatic rings. The van der Waals surface area contributed by atoms with Crippen molar-refractivity contribution in [3.63, 3.8) is 0 Å². The fourth-order valence-corrected chi connectivity index (χ4v) is 2.24. The van der Waals surface area contributed by atoms with Crippen molar-refractivity contribution in [2.75, 3.05) is 19.6 Å². The van der Waals surface area contributed by atoms with Gasteiger partial charge in [-0.3, -0.25) is 4.90 Å². The van der Waals surface area contributed by atoms with Crippen LogP contribution in [-0.2, 0) is 0 Å². The molecule has 0 aliphatic carbocycles. The second kappa shape index (κ2) is 6.33. The molecule has 2 N–H and O–H groups in total. The summed E-state index contributed by atoms with van der Waals surface area (Å²) in [5, 5.41) is 0. The van der Waals surface area contributed by atoms with E-state index in [4.69, 9.17) is 5.73 Å². The molecule has 0 saturated heterocycles. The van der Waals surface area contributed by atoms with Crippen LogP contribution in [0.2, 0.25) is 0 Å². The zero-order valence-electron chi connectivity index (χ0n) is 9.71. The Morgan fingerprint density at radius 2 is 2.00 bits per heavy atom. The molecule has 4 heteroatoms. The molecule has 0 aliphatic heterocycles. The molecule has 0 heterocycles. The Labute approximate surface area is 105 Å². The van der Waals surface area contributed by atoms with E-state index in [2.05, 4.69) is 34.7 Å². The summed E-state index contributed by atoms with van der Waals surface area (Å²) in [5.41, 5.74) is 6.42. The highest BCUT2D eigenvalue weighted by molar-refractivity contribution is 9.10. The molecule has 16 heavy (non-hydrogen) atoms. The summed E-state index contributed by atoms with van der Waals surface area (Å²) in [7, 11) is 0. The third kappa shape index (κ3) is 3.03. The van der Waals surface area contributed by atoms with Crippen molar-refractivity contribution in [2.45, 2.75) is 19.9 Å². The first-order valence-corrected chi connectivity index (χ1v) is 6.32. The Morgan fingerprint density at radius 1 is 1.38 bits per heavy atom. The topological polar surface area (TPSA) is 29.3 Å². The van der Waals surface area contributed by atoms with E-state index in [1.54, 1.807) is 6.07 Å². The van der Waals surface area contributed by atoms with Crippen molar-refractivity contribution in [2.24, 2.45) is 5.73 Å². The van der Waals surface area contributed by atoms with Crippen LogP contribution < -0.4 is 5.73 Å². The second-order valence-electron chi connectivity index (χ2n) is 3.64. The Kier molecular flexibility index (Phi) is 5.38.